The summed E-state index contributed by atoms with van der Waals surface area (Å²) in [6.07, 6.45) is 0.238. The molecular weight excluding hydrogens is 336 g/mol. The number of rotatable bonds is 8. The number of primary amides is 1. The average molecular weight is 358 g/mol. The second kappa shape index (κ2) is 9.13. The SMILES string of the molecule is Cc1cccc(OCCC(=O)Nc2ccccc2SCC(N)=O)c1C. The van der Waals surface area contributed by atoms with Crippen LogP contribution in [-0.2, 0) is 9.59 Å². The van der Waals surface area contributed by atoms with Crippen LogP contribution in [0.2, 0.25) is 0 Å². The van der Waals surface area contributed by atoms with Gasteiger partial charge in [0.1, 0.15) is 5.75 Å². The van der Waals surface area contributed by atoms with E-state index in [1.165, 1.54) is 11.8 Å². The molecular formula is C19H22N2O3S. The number of nitrogens with one attached hydrogen (secondary N) is 1. The molecule has 25 heavy (non-hydrogen) atoms. The molecule has 0 fully saturated rings. The molecule has 0 aliphatic heterocycles. The fourth-order valence-electron chi connectivity index (χ4n) is 2.19. The molecule has 2 aromatic carbocycles. The molecule has 0 radical (unpaired) electrons. The van der Waals surface area contributed by atoms with Crippen molar-refractivity contribution < 1.29 is 14.3 Å². The van der Waals surface area contributed by atoms with E-state index in [4.69, 9.17) is 10.5 Å². The van der Waals surface area contributed by atoms with Crippen LogP contribution in [0.4, 0.5) is 5.69 Å². The monoisotopic (exact) mass is 358 g/mol. The van der Waals surface area contributed by atoms with Crippen molar-refractivity contribution in [3.63, 3.8) is 0 Å². The molecule has 0 saturated heterocycles. The Labute approximate surface area is 151 Å². The molecule has 0 spiro atoms. The number of benzene rings is 2. The molecule has 0 saturated carbocycles. The minimum Gasteiger partial charge on any atom is -0.493 e. The van der Waals surface area contributed by atoms with Crippen molar-refractivity contribution in [2.24, 2.45) is 5.73 Å². The fourth-order valence-corrected chi connectivity index (χ4v) is 2.94. The van der Waals surface area contributed by atoms with Gasteiger partial charge >= 0.3 is 0 Å². The van der Waals surface area contributed by atoms with Gasteiger partial charge in [-0.3, -0.25) is 9.59 Å². The second-order valence-electron chi connectivity index (χ2n) is 5.60. The lowest BCUT2D eigenvalue weighted by atomic mass is 10.1. The molecule has 0 bridgehead atoms. The maximum absolute atomic E-state index is 12.2. The molecule has 0 aromatic heterocycles. The molecule has 5 nitrogen and oxygen atoms in total. The van der Waals surface area contributed by atoms with Crippen molar-refractivity contribution in [3.8, 4) is 5.75 Å². The third-order valence-corrected chi connectivity index (χ3v) is 4.77. The Morgan fingerprint density at radius 1 is 1.12 bits per heavy atom. The fraction of sp³-hybridized carbons (Fsp3) is 0.263. The van der Waals surface area contributed by atoms with Gasteiger partial charge in [-0.15, -0.1) is 11.8 Å². The first-order chi connectivity index (χ1) is 12.0. The van der Waals surface area contributed by atoms with Crippen LogP contribution in [0.15, 0.2) is 47.4 Å². The summed E-state index contributed by atoms with van der Waals surface area (Å²) >= 11 is 1.30. The molecule has 0 aliphatic carbocycles. The number of ether oxygens (including phenoxy) is 1. The number of hydrogen-bond donors (Lipinski definition) is 2. The van der Waals surface area contributed by atoms with Gasteiger partial charge < -0.3 is 15.8 Å². The van der Waals surface area contributed by atoms with Crippen molar-refractivity contribution in [3.05, 3.63) is 53.6 Å². The quantitative estimate of drug-likeness (QED) is 0.710. The number of carbonyl (C=O) groups excluding carboxylic acids is 2. The molecule has 2 rings (SSSR count). The smallest absolute Gasteiger partial charge is 0.227 e. The minimum atomic E-state index is -0.395. The van der Waals surface area contributed by atoms with Crippen LogP contribution in [0, 0.1) is 13.8 Å². The molecule has 3 N–H and O–H groups in total. The first kappa shape index (κ1) is 18.9. The Hall–Kier alpha value is -2.47. The zero-order valence-corrected chi connectivity index (χ0v) is 15.2. The highest BCUT2D eigenvalue weighted by molar-refractivity contribution is 8.00. The van der Waals surface area contributed by atoms with E-state index < -0.39 is 5.91 Å². The van der Waals surface area contributed by atoms with E-state index in [9.17, 15) is 9.59 Å². The minimum absolute atomic E-state index is 0.141. The number of hydrogen-bond acceptors (Lipinski definition) is 4. The van der Waals surface area contributed by atoms with Crippen LogP contribution < -0.4 is 15.8 Å². The van der Waals surface area contributed by atoms with Gasteiger partial charge in [0.15, 0.2) is 0 Å². The number of aryl methyl sites for hydroxylation is 1. The Kier molecular flexibility index (Phi) is 6.89. The lowest BCUT2D eigenvalue weighted by Gasteiger charge is -2.12. The van der Waals surface area contributed by atoms with E-state index >= 15 is 0 Å². The van der Waals surface area contributed by atoms with Crippen LogP contribution in [0.25, 0.3) is 0 Å². The Morgan fingerprint density at radius 2 is 1.88 bits per heavy atom. The standard InChI is InChI=1S/C19H22N2O3S/c1-13-6-5-8-16(14(13)2)24-11-10-19(23)21-15-7-3-4-9-17(15)25-12-18(20)22/h3-9H,10-12H2,1-2H3,(H2,20,22)(H,21,23). The Morgan fingerprint density at radius 3 is 2.64 bits per heavy atom. The molecule has 2 amide bonds. The highest BCUT2D eigenvalue weighted by Gasteiger charge is 2.09. The zero-order valence-electron chi connectivity index (χ0n) is 14.4. The maximum Gasteiger partial charge on any atom is 0.227 e. The Balaban J connectivity index is 1.88. The lowest BCUT2D eigenvalue weighted by molar-refractivity contribution is -0.117. The molecule has 132 valence electrons. The maximum atomic E-state index is 12.2. The predicted molar refractivity (Wildman–Crippen MR) is 101 cm³/mol. The van der Waals surface area contributed by atoms with Crippen molar-refractivity contribution in [2.45, 2.75) is 25.2 Å². The second-order valence-corrected chi connectivity index (χ2v) is 6.61. The van der Waals surface area contributed by atoms with Gasteiger partial charge in [-0.05, 0) is 43.2 Å². The number of para-hydroxylation sites is 1. The number of nitrogens with two attached hydrogens (primary N) is 1. The summed E-state index contributed by atoms with van der Waals surface area (Å²) < 4.78 is 5.71. The van der Waals surface area contributed by atoms with E-state index in [1.807, 2.05) is 50.2 Å². The van der Waals surface area contributed by atoms with Gasteiger partial charge in [-0.1, -0.05) is 24.3 Å². The largest absolute Gasteiger partial charge is 0.493 e. The first-order valence-corrected chi connectivity index (χ1v) is 8.95. The lowest BCUT2D eigenvalue weighted by Crippen LogP contribution is -2.16. The number of thioether (sulfide) groups is 1. The zero-order chi connectivity index (χ0) is 18.2. The summed E-state index contributed by atoms with van der Waals surface area (Å²) in [6.45, 7) is 4.32. The van der Waals surface area contributed by atoms with Crippen LogP contribution in [0.1, 0.15) is 17.5 Å². The number of amides is 2. The normalized spacial score (nSPS) is 10.3. The van der Waals surface area contributed by atoms with Gasteiger partial charge in [0, 0.05) is 4.90 Å². The molecule has 6 heteroatoms. The predicted octanol–water partition coefficient (Wildman–Crippen LogP) is 3.29. The Bertz CT molecular complexity index is 762. The van der Waals surface area contributed by atoms with Crippen LogP contribution in [-0.4, -0.2) is 24.2 Å². The van der Waals surface area contributed by atoms with Crippen LogP contribution >= 0.6 is 11.8 Å². The first-order valence-electron chi connectivity index (χ1n) is 7.96. The van der Waals surface area contributed by atoms with Crippen molar-refractivity contribution in [1.82, 2.24) is 0 Å². The van der Waals surface area contributed by atoms with Crippen molar-refractivity contribution in [2.75, 3.05) is 17.7 Å². The topological polar surface area (TPSA) is 81.4 Å². The summed E-state index contributed by atoms with van der Waals surface area (Å²) in [4.78, 5) is 23.9. The van der Waals surface area contributed by atoms with E-state index in [0.717, 1.165) is 21.8 Å². The third-order valence-electron chi connectivity index (χ3n) is 3.67. The van der Waals surface area contributed by atoms with E-state index in [0.29, 0.717) is 12.3 Å². The summed E-state index contributed by atoms with van der Waals surface area (Å²) in [5.41, 5.74) is 8.08. The molecule has 0 aliphatic rings. The van der Waals surface area contributed by atoms with Crippen molar-refractivity contribution >= 4 is 29.3 Å². The van der Waals surface area contributed by atoms with Gasteiger partial charge in [-0.2, -0.15) is 0 Å². The number of carbonyl (C=O) groups is 2. The molecule has 2 aromatic rings. The molecule has 0 unspecified atom stereocenters. The van der Waals surface area contributed by atoms with Crippen LogP contribution in [0.5, 0.6) is 5.75 Å². The molecule has 0 atom stereocenters. The highest BCUT2D eigenvalue weighted by atomic mass is 32.2. The highest BCUT2D eigenvalue weighted by Crippen LogP contribution is 2.27. The van der Waals surface area contributed by atoms with E-state index in [-0.39, 0.29) is 18.1 Å². The van der Waals surface area contributed by atoms with E-state index in [1.54, 1.807) is 6.07 Å². The van der Waals surface area contributed by atoms with Gasteiger partial charge in [0.25, 0.3) is 0 Å². The summed E-state index contributed by atoms with van der Waals surface area (Å²) in [7, 11) is 0. The van der Waals surface area contributed by atoms with Crippen LogP contribution in [0.3, 0.4) is 0 Å². The number of anilines is 1. The summed E-state index contributed by atoms with van der Waals surface area (Å²) in [5.74, 6) is 0.429. The average Bonchev–Trinajstić information content (AvgIpc) is 2.58. The summed E-state index contributed by atoms with van der Waals surface area (Å²) in [5, 5.41) is 2.85. The summed E-state index contributed by atoms with van der Waals surface area (Å²) in [6, 6.07) is 13.2. The van der Waals surface area contributed by atoms with E-state index in [2.05, 4.69) is 5.32 Å². The third kappa shape index (κ3) is 5.83. The molecule has 0 heterocycles. The van der Waals surface area contributed by atoms with Gasteiger partial charge in [0.05, 0.1) is 24.5 Å². The van der Waals surface area contributed by atoms with Crippen molar-refractivity contribution in [1.29, 1.82) is 0 Å². The van der Waals surface area contributed by atoms with Gasteiger partial charge in [0.2, 0.25) is 11.8 Å². The van der Waals surface area contributed by atoms with Gasteiger partial charge in [-0.25, -0.2) is 0 Å².